The van der Waals surface area contributed by atoms with Crippen molar-refractivity contribution in [2.75, 3.05) is 0 Å². The van der Waals surface area contributed by atoms with Crippen LogP contribution in [0.4, 0.5) is 0 Å². The zero-order valence-electron chi connectivity index (χ0n) is 18.2. The van der Waals surface area contributed by atoms with Crippen molar-refractivity contribution < 1.29 is 14.3 Å². The second kappa shape index (κ2) is 8.64. The quantitative estimate of drug-likeness (QED) is 0.362. The van der Waals surface area contributed by atoms with Crippen molar-refractivity contribution in [1.29, 1.82) is 0 Å². The largest absolute Gasteiger partial charge is 0.491 e. The number of carbonyl (C=O) groups is 1. The van der Waals surface area contributed by atoms with Crippen LogP contribution in [0, 0.1) is 0 Å². The third kappa shape index (κ3) is 4.61. The first-order valence-corrected chi connectivity index (χ1v) is 10.5. The number of benzene rings is 2. The molecule has 4 rings (SSSR count). The van der Waals surface area contributed by atoms with Crippen LogP contribution in [0.5, 0.6) is 5.75 Å². The van der Waals surface area contributed by atoms with Crippen LogP contribution in [0.25, 0.3) is 28.0 Å². The van der Waals surface area contributed by atoms with E-state index in [1.54, 1.807) is 12.1 Å². The van der Waals surface area contributed by atoms with Crippen molar-refractivity contribution in [3.63, 3.8) is 0 Å². The van der Waals surface area contributed by atoms with Gasteiger partial charge in [0.15, 0.2) is 0 Å². The van der Waals surface area contributed by atoms with Crippen molar-refractivity contribution >= 4 is 11.6 Å². The number of esters is 1. The van der Waals surface area contributed by atoms with Gasteiger partial charge in [-0.3, -0.25) is 4.40 Å². The monoisotopic (exact) mass is 414 g/mol. The molecule has 31 heavy (non-hydrogen) atoms. The highest BCUT2D eigenvalue weighted by Gasteiger charge is 2.11. The van der Waals surface area contributed by atoms with Crippen LogP contribution in [-0.2, 0) is 4.74 Å². The van der Waals surface area contributed by atoms with Crippen molar-refractivity contribution in [3.05, 3.63) is 78.6 Å². The fourth-order valence-corrected chi connectivity index (χ4v) is 3.42. The molecule has 0 aliphatic heterocycles. The minimum absolute atomic E-state index is 0.139. The maximum atomic E-state index is 12.1. The van der Waals surface area contributed by atoms with Crippen LogP contribution in [0.3, 0.4) is 0 Å². The SMILES string of the molecule is CC(C)OC(=O)c1ccc(-c2ccc3ncc(-c4ccc(OC(C)C)cc4)n3c2)cc1. The summed E-state index contributed by atoms with van der Waals surface area (Å²) < 4.78 is 13.1. The molecule has 2 heterocycles. The molecule has 0 aliphatic rings. The van der Waals surface area contributed by atoms with E-state index in [4.69, 9.17) is 9.47 Å². The average Bonchev–Trinajstić information content (AvgIpc) is 3.17. The molecule has 0 unspecified atom stereocenters. The van der Waals surface area contributed by atoms with Crippen molar-refractivity contribution in [1.82, 2.24) is 9.38 Å². The summed E-state index contributed by atoms with van der Waals surface area (Å²) in [6.07, 6.45) is 3.95. The molecule has 2 aromatic carbocycles. The lowest BCUT2D eigenvalue weighted by Gasteiger charge is -2.10. The number of ether oxygens (including phenoxy) is 2. The van der Waals surface area contributed by atoms with Gasteiger partial charge in [0.05, 0.1) is 29.7 Å². The molecule has 4 aromatic rings. The normalized spacial score (nSPS) is 11.3. The Kier molecular flexibility index (Phi) is 5.76. The molecule has 0 saturated carbocycles. The number of pyridine rings is 1. The Bertz CT molecular complexity index is 1190. The molecule has 0 saturated heterocycles. The number of fused-ring (bicyclic) bond motifs is 1. The number of imidazole rings is 1. The first-order chi connectivity index (χ1) is 14.9. The molecule has 158 valence electrons. The summed E-state index contributed by atoms with van der Waals surface area (Å²) in [5, 5.41) is 0. The number of aromatic nitrogens is 2. The maximum absolute atomic E-state index is 12.1. The topological polar surface area (TPSA) is 52.8 Å². The number of hydrogen-bond acceptors (Lipinski definition) is 4. The van der Waals surface area contributed by atoms with Crippen LogP contribution >= 0.6 is 0 Å². The smallest absolute Gasteiger partial charge is 0.338 e. The molecule has 0 fully saturated rings. The minimum Gasteiger partial charge on any atom is -0.491 e. The Morgan fingerprint density at radius 3 is 2.10 bits per heavy atom. The Balaban J connectivity index is 1.63. The van der Waals surface area contributed by atoms with E-state index in [-0.39, 0.29) is 18.2 Å². The predicted molar refractivity (Wildman–Crippen MR) is 122 cm³/mol. The lowest BCUT2D eigenvalue weighted by Crippen LogP contribution is -2.11. The zero-order chi connectivity index (χ0) is 22.0. The van der Waals surface area contributed by atoms with Gasteiger partial charge in [-0.25, -0.2) is 9.78 Å². The molecule has 5 heteroatoms. The highest BCUT2D eigenvalue weighted by atomic mass is 16.5. The van der Waals surface area contributed by atoms with Gasteiger partial charge in [-0.1, -0.05) is 12.1 Å². The summed E-state index contributed by atoms with van der Waals surface area (Å²) in [6.45, 7) is 7.71. The predicted octanol–water partition coefficient (Wildman–Crippen LogP) is 6.02. The van der Waals surface area contributed by atoms with E-state index in [0.29, 0.717) is 5.56 Å². The Labute approximate surface area is 182 Å². The number of carbonyl (C=O) groups excluding carboxylic acids is 1. The molecule has 0 radical (unpaired) electrons. The highest BCUT2D eigenvalue weighted by Crippen LogP contribution is 2.27. The van der Waals surface area contributed by atoms with Gasteiger partial charge in [0.1, 0.15) is 11.4 Å². The van der Waals surface area contributed by atoms with Crippen molar-refractivity contribution in [3.8, 4) is 28.1 Å². The first-order valence-electron chi connectivity index (χ1n) is 10.5. The molecule has 0 aliphatic carbocycles. The minimum atomic E-state index is -0.307. The fourth-order valence-electron chi connectivity index (χ4n) is 3.42. The molecule has 0 N–H and O–H groups in total. The summed E-state index contributed by atoms with van der Waals surface area (Å²) in [4.78, 5) is 16.6. The van der Waals surface area contributed by atoms with Gasteiger partial charge < -0.3 is 9.47 Å². The Hall–Kier alpha value is -3.60. The standard InChI is InChI=1S/C26H26N2O3/c1-17(2)30-23-12-9-20(10-13-23)24-15-27-25-14-11-22(16-28(24)25)19-5-7-21(8-6-19)26(29)31-18(3)4/h5-18H,1-4H3. The Morgan fingerprint density at radius 2 is 1.45 bits per heavy atom. The van der Waals surface area contributed by atoms with E-state index in [9.17, 15) is 4.79 Å². The number of nitrogens with zero attached hydrogens (tertiary/aromatic N) is 2. The van der Waals surface area contributed by atoms with Gasteiger partial charge in [0.25, 0.3) is 0 Å². The molecule has 0 atom stereocenters. The van der Waals surface area contributed by atoms with E-state index in [0.717, 1.165) is 33.8 Å². The summed E-state index contributed by atoms with van der Waals surface area (Å²) >= 11 is 0. The van der Waals surface area contributed by atoms with Gasteiger partial charge >= 0.3 is 5.97 Å². The van der Waals surface area contributed by atoms with Gasteiger partial charge in [-0.05, 0) is 87.4 Å². The maximum Gasteiger partial charge on any atom is 0.338 e. The van der Waals surface area contributed by atoms with E-state index in [1.165, 1.54) is 0 Å². The zero-order valence-corrected chi connectivity index (χ0v) is 18.2. The van der Waals surface area contributed by atoms with Crippen LogP contribution in [0.15, 0.2) is 73.1 Å². The highest BCUT2D eigenvalue weighted by molar-refractivity contribution is 5.90. The van der Waals surface area contributed by atoms with Crippen LogP contribution in [0.1, 0.15) is 38.1 Å². The summed E-state index contributed by atoms with van der Waals surface area (Å²) in [5.74, 6) is 0.545. The second-order valence-corrected chi connectivity index (χ2v) is 8.01. The molecule has 0 bridgehead atoms. The third-order valence-corrected chi connectivity index (χ3v) is 4.82. The van der Waals surface area contributed by atoms with Crippen LogP contribution < -0.4 is 4.74 Å². The van der Waals surface area contributed by atoms with E-state index < -0.39 is 0 Å². The van der Waals surface area contributed by atoms with Gasteiger partial charge in [0, 0.05) is 11.8 Å². The molecular formula is C26H26N2O3. The van der Waals surface area contributed by atoms with Crippen molar-refractivity contribution in [2.45, 2.75) is 39.9 Å². The van der Waals surface area contributed by atoms with E-state index in [2.05, 4.69) is 15.6 Å². The molecule has 2 aromatic heterocycles. The summed E-state index contributed by atoms with van der Waals surface area (Å²) in [7, 11) is 0. The number of hydrogen-bond donors (Lipinski definition) is 0. The lowest BCUT2D eigenvalue weighted by atomic mass is 10.1. The molecule has 5 nitrogen and oxygen atoms in total. The lowest BCUT2D eigenvalue weighted by molar-refractivity contribution is 0.0378. The van der Waals surface area contributed by atoms with Crippen molar-refractivity contribution in [2.24, 2.45) is 0 Å². The van der Waals surface area contributed by atoms with Gasteiger partial charge in [-0.2, -0.15) is 0 Å². The Morgan fingerprint density at radius 1 is 0.806 bits per heavy atom. The first kappa shape index (κ1) is 20.7. The van der Waals surface area contributed by atoms with E-state index >= 15 is 0 Å². The van der Waals surface area contributed by atoms with Crippen LogP contribution in [-0.4, -0.2) is 27.6 Å². The third-order valence-electron chi connectivity index (χ3n) is 4.82. The fraction of sp³-hybridized carbons (Fsp3) is 0.231. The summed E-state index contributed by atoms with van der Waals surface area (Å²) in [6, 6.07) is 19.6. The molecular weight excluding hydrogens is 388 g/mol. The average molecular weight is 415 g/mol. The number of rotatable bonds is 6. The molecule has 0 spiro atoms. The van der Waals surface area contributed by atoms with Crippen LogP contribution in [0.2, 0.25) is 0 Å². The van der Waals surface area contributed by atoms with E-state index in [1.807, 2.05) is 82.4 Å². The summed E-state index contributed by atoms with van der Waals surface area (Å²) in [5.41, 5.74) is 5.54. The van der Waals surface area contributed by atoms with Gasteiger partial charge in [-0.15, -0.1) is 0 Å². The molecule has 0 amide bonds. The second-order valence-electron chi connectivity index (χ2n) is 8.01. The van der Waals surface area contributed by atoms with Gasteiger partial charge in [0.2, 0.25) is 0 Å².